The Kier molecular flexibility index (Phi) is 6.06. The number of hydrogen-bond acceptors (Lipinski definition) is 3. The van der Waals surface area contributed by atoms with Crippen LogP contribution >= 0.6 is 0 Å². The summed E-state index contributed by atoms with van der Waals surface area (Å²) in [6, 6.07) is 13.5. The quantitative estimate of drug-likeness (QED) is 0.849. The number of likely N-dealkylation sites (tertiary alicyclic amines) is 1. The van der Waals surface area contributed by atoms with Crippen molar-refractivity contribution in [1.29, 1.82) is 0 Å². The molecule has 1 N–H and O–H groups in total. The van der Waals surface area contributed by atoms with E-state index in [4.69, 9.17) is 4.74 Å². The summed E-state index contributed by atoms with van der Waals surface area (Å²) in [5.41, 5.74) is 0.986. The maximum Gasteiger partial charge on any atom is 0.254 e. The molecule has 2 amide bonds. The number of nitrogens with one attached hydrogen (secondary N) is 1. The average Bonchev–Trinajstić information content (AvgIpc) is 3.17. The smallest absolute Gasteiger partial charge is 0.254 e. The minimum Gasteiger partial charge on any atom is -0.494 e. The van der Waals surface area contributed by atoms with Crippen LogP contribution in [0.5, 0.6) is 5.75 Å². The highest BCUT2D eigenvalue weighted by Crippen LogP contribution is 2.32. The third-order valence-electron chi connectivity index (χ3n) is 4.67. The first-order valence-corrected chi connectivity index (χ1v) is 9.15. The molecule has 1 saturated heterocycles. The van der Waals surface area contributed by atoms with Gasteiger partial charge in [-0.15, -0.1) is 0 Å². The summed E-state index contributed by atoms with van der Waals surface area (Å²) in [6.07, 6.45) is 1.78. The molecule has 1 aliphatic heterocycles. The van der Waals surface area contributed by atoms with Gasteiger partial charge in [-0.25, -0.2) is 4.39 Å². The fraction of sp³-hybridized carbons (Fsp3) is 0.333. The van der Waals surface area contributed by atoms with Crippen molar-refractivity contribution >= 4 is 11.8 Å². The van der Waals surface area contributed by atoms with Crippen molar-refractivity contribution in [2.45, 2.75) is 25.8 Å². The molecule has 2 aromatic carbocycles. The molecule has 0 bridgehead atoms. The lowest BCUT2D eigenvalue weighted by atomic mass is 10.0. The van der Waals surface area contributed by atoms with E-state index in [-0.39, 0.29) is 24.1 Å². The summed E-state index contributed by atoms with van der Waals surface area (Å²) in [7, 11) is 0. The Morgan fingerprint density at radius 1 is 1.19 bits per heavy atom. The van der Waals surface area contributed by atoms with E-state index < -0.39 is 11.7 Å². The lowest BCUT2D eigenvalue weighted by molar-refractivity contribution is -0.131. The number of hydrogen-bond donors (Lipinski definition) is 1. The summed E-state index contributed by atoms with van der Waals surface area (Å²) >= 11 is 0. The highest BCUT2D eigenvalue weighted by atomic mass is 19.1. The van der Waals surface area contributed by atoms with Crippen LogP contribution in [0.4, 0.5) is 4.39 Å². The number of carbonyl (C=O) groups is 2. The molecule has 1 atom stereocenters. The molecule has 0 aromatic heterocycles. The number of amides is 2. The van der Waals surface area contributed by atoms with E-state index in [1.165, 1.54) is 18.2 Å². The molecule has 27 heavy (non-hydrogen) atoms. The van der Waals surface area contributed by atoms with Gasteiger partial charge in [0.2, 0.25) is 5.91 Å². The van der Waals surface area contributed by atoms with Gasteiger partial charge < -0.3 is 15.0 Å². The van der Waals surface area contributed by atoms with Crippen molar-refractivity contribution in [1.82, 2.24) is 10.2 Å². The minimum absolute atomic E-state index is 0.0152. The molecule has 0 spiro atoms. The minimum atomic E-state index is -0.601. The molecule has 6 heteroatoms. The maximum atomic E-state index is 13.7. The van der Waals surface area contributed by atoms with Gasteiger partial charge in [-0.3, -0.25) is 9.59 Å². The van der Waals surface area contributed by atoms with Crippen LogP contribution in [0.25, 0.3) is 0 Å². The standard InChI is InChI=1S/C21H23FN2O3/c1-2-27-16-11-9-15(10-12-16)19-8-5-13-24(19)20(25)14-23-21(26)17-6-3-4-7-18(17)22/h3-4,6-7,9-12,19H,2,5,8,13-14H2,1H3,(H,23,26). The number of carbonyl (C=O) groups excluding carboxylic acids is 2. The maximum absolute atomic E-state index is 13.7. The molecule has 1 fully saturated rings. The van der Waals surface area contributed by atoms with Crippen LogP contribution in [0.2, 0.25) is 0 Å². The number of nitrogens with zero attached hydrogens (tertiary/aromatic N) is 1. The molecule has 0 aliphatic carbocycles. The van der Waals surface area contributed by atoms with Crippen molar-refractivity contribution in [2.24, 2.45) is 0 Å². The first kappa shape index (κ1) is 18.9. The van der Waals surface area contributed by atoms with E-state index in [2.05, 4.69) is 5.32 Å². The van der Waals surface area contributed by atoms with E-state index >= 15 is 0 Å². The van der Waals surface area contributed by atoms with E-state index in [1.54, 1.807) is 11.0 Å². The summed E-state index contributed by atoms with van der Waals surface area (Å²) < 4.78 is 19.1. The molecular weight excluding hydrogens is 347 g/mol. The van der Waals surface area contributed by atoms with Crippen LogP contribution in [0.15, 0.2) is 48.5 Å². The lowest BCUT2D eigenvalue weighted by Crippen LogP contribution is -2.40. The van der Waals surface area contributed by atoms with Crippen molar-refractivity contribution in [3.8, 4) is 5.75 Å². The Balaban J connectivity index is 1.62. The molecule has 2 aromatic rings. The highest BCUT2D eigenvalue weighted by molar-refractivity contribution is 5.96. The first-order valence-electron chi connectivity index (χ1n) is 9.15. The number of benzene rings is 2. The monoisotopic (exact) mass is 370 g/mol. The van der Waals surface area contributed by atoms with Crippen molar-refractivity contribution in [3.63, 3.8) is 0 Å². The van der Waals surface area contributed by atoms with E-state index in [0.29, 0.717) is 13.2 Å². The van der Waals surface area contributed by atoms with Crippen LogP contribution < -0.4 is 10.1 Å². The summed E-state index contributed by atoms with van der Waals surface area (Å²) in [4.78, 5) is 26.5. The Morgan fingerprint density at radius 2 is 1.93 bits per heavy atom. The predicted octanol–water partition coefficient (Wildman–Crippen LogP) is 3.32. The van der Waals surface area contributed by atoms with Crippen LogP contribution in [0, 0.1) is 5.82 Å². The normalized spacial score (nSPS) is 16.2. The lowest BCUT2D eigenvalue weighted by Gasteiger charge is -2.25. The van der Waals surface area contributed by atoms with Gasteiger partial charge in [-0.1, -0.05) is 24.3 Å². The zero-order valence-corrected chi connectivity index (χ0v) is 15.3. The molecule has 1 unspecified atom stereocenters. The predicted molar refractivity (Wildman–Crippen MR) is 100 cm³/mol. The van der Waals surface area contributed by atoms with Crippen LogP contribution in [-0.2, 0) is 4.79 Å². The third-order valence-corrected chi connectivity index (χ3v) is 4.67. The Bertz CT molecular complexity index is 807. The van der Waals surface area contributed by atoms with Crippen LogP contribution in [0.1, 0.15) is 41.7 Å². The van der Waals surface area contributed by atoms with Crippen molar-refractivity contribution in [3.05, 3.63) is 65.5 Å². The molecule has 1 heterocycles. The van der Waals surface area contributed by atoms with Gasteiger partial charge in [0.05, 0.1) is 24.8 Å². The first-order chi connectivity index (χ1) is 13.1. The van der Waals surface area contributed by atoms with E-state index in [9.17, 15) is 14.0 Å². The van der Waals surface area contributed by atoms with E-state index in [1.807, 2.05) is 31.2 Å². The summed E-state index contributed by atoms with van der Waals surface area (Å²) in [5, 5.41) is 2.52. The fourth-order valence-electron chi connectivity index (χ4n) is 3.36. The molecule has 0 saturated carbocycles. The number of ether oxygens (including phenoxy) is 1. The molecule has 3 rings (SSSR count). The van der Waals surface area contributed by atoms with Gasteiger partial charge in [0.25, 0.3) is 5.91 Å². The Morgan fingerprint density at radius 3 is 2.63 bits per heavy atom. The van der Waals surface area contributed by atoms with Gasteiger partial charge >= 0.3 is 0 Å². The second-order valence-electron chi connectivity index (χ2n) is 6.41. The van der Waals surface area contributed by atoms with Gasteiger partial charge in [-0.05, 0) is 49.6 Å². The third kappa shape index (κ3) is 4.45. The summed E-state index contributed by atoms with van der Waals surface area (Å²) in [5.74, 6) is -0.556. The van der Waals surface area contributed by atoms with Gasteiger partial charge in [0, 0.05) is 6.54 Å². The highest BCUT2D eigenvalue weighted by Gasteiger charge is 2.30. The topological polar surface area (TPSA) is 58.6 Å². The van der Waals surface area contributed by atoms with Gasteiger partial charge in [0.1, 0.15) is 11.6 Å². The Hall–Kier alpha value is -2.89. The second-order valence-corrected chi connectivity index (χ2v) is 6.41. The summed E-state index contributed by atoms with van der Waals surface area (Å²) in [6.45, 7) is 3.03. The molecular formula is C21H23FN2O3. The molecule has 0 radical (unpaired) electrons. The molecule has 5 nitrogen and oxygen atoms in total. The molecule has 142 valence electrons. The Labute approximate surface area is 158 Å². The largest absolute Gasteiger partial charge is 0.494 e. The van der Waals surface area contributed by atoms with Crippen molar-refractivity contribution in [2.75, 3.05) is 19.7 Å². The van der Waals surface area contributed by atoms with E-state index in [0.717, 1.165) is 24.2 Å². The molecule has 1 aliphatic rings. The van der Waals surface area contributed by atoms with Gasteiger partial charge in [-0.2, -0.15) is 0 Å². The number of halogens is 1. The zero-order valence-electron chi connectivity index (χ0n) is 15.3. The van der Waals surface area contributed by atoms with Crippen LogP contribution in [-0.4, -0.2) is 36.4 Å². The second kappa shape index (κ2) is 8.66. The SMILES string of the molecule is CCOc1ccc(C2CCCN2C(=O)CNC(=O)c2ccccc2F)cc1. The van der Waals surface area contributed by atoms with Gasteiger partial charge in [0.15, 0.2) is 0 Å². The fourth-order valence-corrected chi connectivity index (χ4v) is 3.36. The zero-order chi connectivity index (χ0) is 19.2. The number of rotatable bonds is 6. The van der Waals surface area contributed by atoms with Crippen LogP contribution in [0.3, 0.4) is 0 Å². The van der Waals surface area contributed by atoms with Crippen molar-refractivity contribution < 1.29 is 18.7 Å². The average molecular weight is 370 g/mol.